The van der Waals surface area contributed by atoms with Gasteiger partial charge in [-0.05, 0) is 49.6 Å². The Morgan fingerprint density at radius 3 is 2.12 bits per heavy atom. The normalized spacial score (nSPS) is 11.3. The van der Waals surface area contributed by atoms with Gasteiger partial charge in [0, 0.05) is 10.7 Å². The van der Waals surface area contributed by atoms with E-state index in [1.807, 2.05) is 32.9 Å². The third-order valence-corrected chi connectivity index (χ3v) is 5.32. The van der Waals surface area contributed by atoms with Gasteiger partial charge in [0.05, 0.1) is 5.75 Å². The maximum absolute atomic E-state index is 12.2. The first-order chi connectivity index (χ1) is 11.2. The van der Waals surface area contributed by atoms with Gasteiger partial charge in [0.2, 0.25) is 5.91 Å². The summed E-state index contributed by atoms with van der Waals surface area (Å²) in [6.45, 7) is 5.75. The summed E-state index contributed by atoms with van der Waals surface area (Å²) in [6, 6.07) is 10.4. The third-order valence-electron chi connectivity index (χ3n) is 3.59. The van der Waals surface area contributed by atoms with Crippen LogP contribution < -0.4 is 5.32 Å². The number of benzene rings is 2. The summed E-state index contributed by atoms with van der Waals surface area (Å²) in [5, 5.41) is 3.26. The Morgan fingerprint density at radius 2 is 1.58 bits per heavy atom. The quantitative estimate of drug-likeness (QED) is 0.876. The fourth-order valence-electron chi connectivity index (χ4n) is 2.64. The number of halogens is 1. The number of nitrogens with one attached hydrogen (secondary N) is 1. The van der Waals surface area contributed by atoms with Crippen LogP contribution >= 0.6 is 11.6 Å². The van der Waals surface area contributed by atoms with Gasteiger partial charge in [-0.25, -0.2) is 8.42 Å². The largest absolute Gasteiger partial charge is 0.325 e. The summed E-state index contributed by atoms with van der Waals surface area (Å²) in [6.07, 6.45) is 0. The summed E-state index contributed by atoms with van der Waals surface area (Å²) >= 11 is 5.78. The summed E-state index contributed by atoms with van der Waals surface area (Å²) in [4.78, 5) is 12.2. The predicted molar refractivity (Wildman–Crippen MR) is 98.2 cm³/mol. The van der Waals surface area contributed by atoms with Gasteiger partial charge in [-0.1, -0.05) is 41.4 Å². The van der Waals surface area contributed by atoms with E-state index in [2.05, 4.69) is 5.32 Å². The third kappa shape index (κ3) is 5.08. The van der Waals surface area contributed by atoms with Gasteiger partial charge in [-0.15, -0.1) is 0 Å². The highest BCUT2D eigenvalue weighted by molar-refractivity contribution is 7.91. The van der Waals surface area contributed by atoms with Gasteiger partial charge in [-0.3, -0.25) is 4.79 Å². The second-order valence-corrected chi connectivity index (χ2v) is 8.48. The number of hydrogen-bond acceptors (Lipinski definition) is 3. The lowest BCUT2D eigenvalue weighted by Crippen LogP contribution is -2.24. The van der Waals surface area contributed by atoms with E-state index in [1.54, 1.807) is 24.3 Å². The van der Waals surface area contributed by atoms with Gasteiger partial charge in [0.1, 0.15) is 5.75 Å². The van der Waals surface area contributed by atoms with Crippen LogP contribution in [0.4, 0.5) is 5.69 Å². The number of hydrogen-bond donors (Lipinski definition) is 1. The summed E-state index contributed by atoms with van der Waals surface area (Å²) in [7, 11) is -3.56. The number of amides is 1. The van der Waals surface area contributed by atoms with Crippen molar-refractivity contribution in [3.63, 3.8) is 0 Å². The Morgan fingerprint density at radius 1 is 1.04 bits per heavy atom. The summed E-state index contributed by atoms with van der Waals surface area (Å²) in [5.41, 5.74) is 4.20. The van der Waals surface area contributed by atoms with Crippen LogP contribution in [-0.4, -0.2) is 20.1 Å². The van der Waals surface area contributed by atoms with Crippen molar-refractivity contribution < 1.29 is 13.2 Å². The molecule has 0 aliphatic rings. The fourth-order valence-corrected chi connectivity index (χ4v) is 4.04. The van der Waals surface area contributed by atoms with Crippen LogP contribution in [0, 0.1) is 20.8 Å². The first-order valence-corrected chi connectivity index (χ1v) is 9.69. The van der Waals surface area contributed by atoms with Crippen LogP contribution in [0.15, 0.2) is 36.4 Å². The molecule has 4 nitrogen and oxygen atoms in total. The van der Waals surface area contributed by atoms with Gasteiger partial charge in [0.25, 0.3) is 0 Å². The number of anilines is 1. The Labute approximate surface area is 147 Å². The Balaban J connectivity index is 2.07. The summed E-state index contributed by atoms with van der Waals surface area (Å²) in [5.74, 6) is -1.27. The van der Waals surface area contributed by atoms with Crippen LogP contribution in [0.3, 0.4) is 0 Å². The smallest absolute Gasteiger partial charge is 0.239 e. The maximum atomic E-state index is 12.2. The fraction of sp³-hybridized carbons (Fsp3) is 0.278. The zero-order valence-electron chi connectivity index (χ0n) is 13.9. The van der Waals surface area contributed by atoms with E-state index in [0.29, 0.717) is 16.3 Å². The average molecular weight is 366 g/mol. The zero-order valence-corrected chi connectivity index (χ0v) is 15.5. The molecule has 0 heterocycles. The van der Waals surface area contributed by atoms with E-state index >= 15 is 0 Å². The monoisotopic (exact) mass is 365 g/mol. The first-order valence-electron chi connectivity index (χ1n) is 7.49. The second kappa shape index (κ2) is 7.36. The second-order valence-electron chi connectivity index (χ2n) is 5.98. The molecule has 0 unspecified atom stereocenters. The molecular formula is C18H20ClNO3S. The molecule has 1 N–H and O–H groups in total. The molecule has 2 aromatic rings. The van der Waals surface area contributed by atoms with Gasteiger partial charge >= 0.3 is 0 Å². The van der Waals surface area contributed by atoms with Crippen molar-refractivity contribution in [3.05, 3.63) is 63.7 Å². The molecule has 0 saturated carbocycles. The number of carbonyl (C=O) groups excluding carboxylic acids is 1. The molecule has 0 fully saturated rings. The van der Waals surface area contributed by atoms with Crippen molar-refractivity contribution in [1.29, 1.82) is 0 Å². The molecule has 1 amide bonds. The lowest BCUT2D eigenvalue weighted by molar-refractivity contribution is -0.113. The molecule has 0 aliphatic heterocycles. The molecule has 0 saturated heterocycles. The molecule has 0 aliphatic carbocycles. The number of aryl methyl sites for hydroxylation is 3. The molecule has 128 valence electrons. The van der Waals surface area contributed by atoms with Crippen LogP contribution in [0.2, 0.25) is 5.02 Å². The van der Waals surface area contributed by atoms with Crippen molar-refractivity contribution in [3.8, 4) is 0 Å². The van der Waals surface area contributed by atoms with Crippen LogP contribution in [0.25, 0.3) is 0 Å². The van der Waals surface area contributed by atoms with E-state index in [1.165, 1.54) is 0 Å². The highest BCUT2D eigenvalue weighted by Gasteiger charge is 2.18. The number of carbonyl (C=O) groups is 1. The lowest BCUT2D eigenvalue weighted by Gasteiger charge is -2.13. The molecule has 24 heavy (non-hydrogen) atoms. The molecular weight excluding hydrogens is 346 g/mol. The van der Waals surface area contributed by atoms with Crippen molar-refractivity contribution in [2.24, 2.45) is 0 Å². The lowest BCUT2D eigenvalue weighted by atomic mass is 10.1. The molecule has 0 aromatic heterocycles. The first kappa shape index (κ1) is 18.5. The van der Waals surface area contributed by atoms with Crippen molar-refractivity contribution in [2.75, 3.05) is 11.1 Å². The van der Waals surface area contributed by atoms with E-state index in [0.717, 1.165) is 16.7 Å². The van der Waals surface area contributed by atoms with Crippen molar-refractivity contribution in [2.45, 2.75) is 26.5 Å². The number of rotatable bonds is 5. The SMILES string of the molecule is Cc1cc(C)c(NC(=O)CS(=O)(=O)Cc2ccc(Cl)cc2)c(C)c1. The van der Waals surface area contributed by atoms with Crippen molar-refractivity contribution in [1.82, 2.24) is 0 Å². The molecule has 0 bridgehead atoms. The standard InChI is InChI=1S/C18H20ClNO3S/c1-12-8-13(2)18(14(3)9-12)20-17(21)11-24(22,23)10-15-4-6-16(19)7-5-15/h4-9H,10-11H2,1-3H3,(H,20,21). The van der Waals surface area contributed by atoms with Crippen LogP contribution in [0.5, 0.6) is 0 Å². The Hall–Kier alpha value is -1.85. The maximum Gasteiger partial charge on any atom is 0.239 e. The molecule has 2 aromatic carbocycles. The summed E-state index contributed by atoms with van der Waals surface area (Å²) < 4.78 is 24.4. The minimum absolute atomic E-state index is 0.191. The van der Waals surface area contributed by atoms with Gasteiger partial charge in [0.15, 0.2) is 9.84 Å². The minimum atomic E-state index is -3.56. The highest BCUT2D eigenvalue weighted by Crippen LogP contribution is 2.22. The minimum Gasteiger partial charge on any atom is -0.325 e. The average Bonchev–Trinajstić information content (AvgIpc) is 2.44. The van der Waals surface area contributed by atoms with Crippen LogP contribution in [-0.2, 0) is 20.4 Å². The highest BCUT2D eigenvalue weighted by atomic mass is 35.5. The number of sulfone groups is 1. The van der Waals surface area contributed by atoms with Crippen LogP contribution in [0.1, 0.15) is 22.3 Å². The molecule has 0 atom stereocenters. The zero-order chi connectivity index (χ0) is 17.9. The van der Waals surface area contributed by atoms with Gasteiger partial charge in [-0.2, -0.15) is 0 Å². The molecule has 6 heteroatoms. The van der Waals surface area contributed by atoms with E-state index < -0.39 is 21.5 Å². The Bertz CT molecular complexity index is 835. The van der Waals surface area contributed by atoms with E-state index in [4.69, 9.17) is 11.6 Å². The van der Waals surface area contributed by atoms with Gasteiger partial charge < -0.3 is 5.32 Å². The van der Waals surface area contributed by atoms with E-state index in [-0.39, 0.29) is 5.75 Å². The predicted octanol–water partition coefficient (Wildman–Crippen LogP) is 3.82. The topological polar surface area (TPSA) is 63.2 Å². The molecule has 2 rings (SSSR count). The molecule has 0 spiro atoms. The van der Waals surface area contributed by atoms with E-state index in [9.17, 15) is 13.2 Å². The van der Waals surface area contributed by atoms with Crippen molar-refractivity contribution >= 4 is 33.0 Å². The molecule has 0 radical (unpaired) electrons. The Kier molecular flexibility index (Phi) is 5.67.